The molecule has 2 aliphatic rings. The van der Waals surface area contributed by atoms with Crippen LogP contribution in [-0.2, 0) is 4.74 Å². The molecule has 0 aromatic heterocycles. The number of rotatable bonds is 9. The summed E-state index contributed by atoms with van der Waals surface area (Å²) in [5, 5.41) is 10.5. The van der Waals surface area contributed by atoms with E-state index in [1.54, 1.807) is 0 Å². The molecule has 2 rings (SSSR count). The largest absolute Gasteiger partial charge is 0.487 e. The first-order valence-corrected chi connectivity index (χ1v) is 12.3. The highest BCUT2D eigenvalue weighted by Gasteiger charge is 2.39. The summed E-state index contributed by atoms with van der Waals surface area (Å²) in [6.07, 6.45) is 15.6. The van der Waals surface area contributed by atoms with Gasteiger partial charge in [0.25, 0.3) is 0 Å². The highest BCUT2D eigenvalue weighted by molar-refractivity contribution is 5.42. The van der Waals surface area contributed by atoms with Gasteiger partial charge in [0.2, 0.25) is 0 Å². The average Bonchev–Trinajstić information content (AvgIpc) is 2.70. The van der Waals surface area contributed by atoms with Crippen molar-refractivity contribution in [2.75, 3.05) is 0 Å². The van der Waals surface area contributed by atoms with Gasteiger partial charge < -0.3 is 9.84 Å². The van der Waals surface area contributed by atoms with Gasteiger partial charge in [0.1, 0.15) is 11.4 Å². The molecule has 0 bridgehead atoms. The minimum atomic E-state index is -0.359. The van der Waals surface area contributed by atoms with Gasteiger partial charge in [0.05, 0.1) is 6.10 Å². The normalized spacial score (nSPS) is 27.3. The minimum Gasteiger partial charge on any atom is -0.487 e. The van der Waals surface area contributed by atoms with Crippen molar-refractivity contribution < 1.29 is 9.84 Å². The van der Waals surface area contributed by atoms with Gasteiger partial charge in [-0.2, -0.15) is 0 Å². The molecular weight excluding hydrogens is 380 g/mol. The highest BCUT2D eigenvalue weighted by atomic mass is 16.5. The summed E-state index contributed by atoms with van der Waals surface area (Å²) in [5.41, 5.74) is 7.80. The monoisotopic (exact) mass is 426 g/mol. The Labute approximate surface area is 191 Å². The molecule has 0 radical (unpaired) electrons. The van der Waals surface area contributed by atoms with Gasteiger partial charge in [0.15, 0.2) is 0 Å². The Morgan fingerprint density at radius 3 is 2.19 bits per heavy atom. The van der Waals surface area contributed by atoms with Crippen LogP contribution in [0.3, 0.4) is 0 Å². The zero-order valence-corrected chi connectivity index (χ0v) is 21.4. The maximum Gasteiger partial charge on any atom is 0.122 e. The first kappa shape index (κ1) is 25.7. The van der Waals surface area contributed by atoms with E-state index in [1.807, 2.05) is 6.92 Å². The van der Waals surface area contributed by atoms with Gasteiger partial charge in [-0.15, -0.1) is 0 Å². The first-order valence-electron chi connectivity index (χ1n) is 12.3. The van der Waals surface area contributed by atoms with Gasteiger partial charge in [-0.3, -0.25) is 0 Å². The lowest BCUT2D eigenvalue weighted by Crippen LogP contribution is -2.37. The van der Waals surface area contributed by atoms with Crippen molar-refractivity contribution in [1.82, 2.24) is 0 Å². The fraction of sp³-hybridized carbons (Fsp3) is 0.655. The van der Waals surface area contributed by atoms with Crippen LogP contribution in [0.15, 0.2) is 57.4 Å². The molecular formula is C29H46O2. The van der Waals surface area contributed by atoms with Crippen molar-refractivity contribution in [3.63, 3.8) is 0 Å². The number of allylic oxidation sites excluding steroid dienone is 7. The summed E-state index contributed by atoms with van der Waals surface area (Å²) in [6.45, 7) is 17.4. The van der Waals surface area contributed by atoms with Crippen molar-refractivity contribution in [3.8, 4) is 0 Å². The van der Waals surface area contributed by atoms with Crippen LogP contribution < -0.4 is 0 Å². The molecule has 1 heterocycles. The Balaban J connectivity index is 1.84. The topological polar surface area (TPSA) is 29.5 Å². The summed E-state index contributed by atoms with van der Waals surface area (Å²) in [4.78, 5) is 0. The lowest BCUT2D eigenvalue weighted by molar-refractivity contribution is -0.0137. The maximum atomic E-state index is 10.5. The second kappa shape index (κ2) is 11.4. The third kappa shape index (κ3) is 7.24. The Kier molecular flexibility index (Phi) is 9.43. The molecule has 2 heteroatoms. The third-order valence-electron chi connectivity index (χ3n) is 7.25. The molecule has 31 heavy (non-hydrogen) atoms. The predicted octanol–water partition coefficient (Wildman–Crippen LogP) is 8.36. The van der Waals surface area contributed by atoms with Crippen molar-refractivity contribution in [3.05, 3.63) is 57.4 Å². The second-order valence-electron chi connectivity index (χ2n) is 10.4. The maximum absolute atomic E-state index is 10.5. The van der Waals surface area contributed by atoms with Crippen molar-refractivity contribution in [1.29, 1.82) is 0 Å². The van der Waals surface area contributed by atoms with E-state index in [9.17, 15) is 5.11 Å². The fourth-order valence-electron chi connectivity index (χ4n) is 4.73. The molecule has 0 saturated heterocycles. The van der Waals surface area contributed by atoms with E-state index < -0.39 is 0 Å². The van der Waals surface area contributed by atoms with Crippen LogP contribution in [0.1, 0.15) is 107 Å². The molecule has 0 aromatic rings. The summed E-state index contributed by atoms with van der Waals surface area (Å²) in [6, 6.07) is 0. The zero-order valence-electron chi connectivity index (χ0n) is 21.4. The van der Waals surface area contributed by atoms with Crippen LogP contribution in [0.25, 0.3) is 0 Å². The fourth-order valence-corrected chi connectivity index (χ4v) is 4.73. The smallest absolute Gasteiger partial charge is 0.122 e. The quantitative estimate of drug-likeness (QED) is 0.375. The number of ether oxygens (including phenoxy) is 1. The Morgan fingerprint density at radius 1 is 1.00 bits per heavy atom. The van der Waals surface area contributed by atoms with Gasteiger partial charge in [0, 0.05) is 5.92 Å². The molecule has 0 spiro atoms. The van der Waals surface area contributed by atoms with E-state index >= 15 is 0 Å². The third-order valence-corrected chi connectivity index (χ3v) is 7.25. The van der Waals surface area contributed by atoms with Crippen molar-refractivity contribution >= 4 is 0 Å². The van der Waals surface area contributed by atoms with E-state index in [4.69, 9.17) is 4.74 Å². The van der Waals surface area contributed by atoms with E-state index in [0.29, 0.717) is 0 Å². The van der Waals surface area contributed by atoms with Crippen molar-refractivity contribution in [2.24, 2.45) is 5.92 Å². The number of aliphatic hydroxyl groups excluding tert-OH is 1. The Morgan fingerprint density at radius 2 is 1.58 bits per heavy atom. The van der Waals surface area contributed by atoms with Crippen LogP contribution in [0.4, 0.5) is 0 Å². The number of hydrogen-bond donors (Lipinski definition) is 1. The molecule has 0 fully saturated rings. The van der Waals surface area contributed by atoms with Crippen LogP contribution in [-0.4, -0.2) is 16.8 Å². The summed E-state index contributed by atoms with van der Waals surface area (Å²) < 4.78 is 6.60. The SMILES string of the molecule is CC(C)=CCC/C(C)=C/CCC(C)=CCC[C@]1(C)CCC2=C(O1)C(C)=C(C)C(O)C2C. The molecule has 2 unspecified atom stereocenters. The molecule has 3 atom stereocenters. The van der Waals surface area contributed by atoms with E-state index in [2.05, 4.69) is 66.7 Å². The minimum absolute atomic E-state index is 0.111. The molecule has 0 aromatic carbocycles. The zero-order chi connectivity index (χ0) is 23.2. The van der Waals surface area contributed by atoms with E-state index in [1.165, 1.54) is 28.7 Å². The van der Waals surface area contributed by atoms with E-state index in [0.717, 1.165) is 61.9 Å². The Hall–Kier alpha value is -1.54. The van der Waals surface area contributed by atoms with Crippen molar-refractivity contribution in [2.45, 2.75) is 118 Å². The van der Waals surface area contributed by atoms with Crippen LogP contribution in [0.5, 0.6) is 0 Å². The van der Waals surface area contributed by atoms with Crippen LogP contribution >= 0.6 is 0 Å². The highest BCUT2D eigenvalue weighted by Crippen LogP contribution is 2.45. The molecule has 0 amide bonds. The summed E-state index contributed by atoms with van der Waals surface area (Å²) in [5.74, 6) is 1.24. The average molecular weight is 427 g/mol. The second-order valence-corrected chi connectivity index (χ2v) is 10.4. The lowest BCUT2D eigenvalue weighted by Gasteiger charge is -2.42. The van der Waals surface area contributed by atoms with Crippen LogP contribution in [0.2, 0.25) is 0 Å². The van der Waals surface area contributed by atoms with Gasteiger partial charge in [-0.05, 0) is 117 Å². The molecule has 2 nitrogen and oxygen atoms in total. The van der Waals surface area contributed by atoms with Gasteiger partial charge in [-0.25, -0.2) is 0 Å². The molecule has 0 saturated carbocycles. The predicted molar refractivity (Wildman–Crippen MR) is 134 cm³/mol. The number of aliphatic hydroxyl groups is 1. The molecule has 1 aliphatic carbocycles. The van der Waals surface area contributed by atoms with E-state index in [-0.39, 0.29) is 17.6 Å². The Bertz CT molecular complexity index is 786. The lowest BCUT2D eigenvalue weighted by atomic mass is 9.76. The molecule has 1 aliphatic heterocycles. The first-order chi connectivity index (χ1) is 14.5. The molecule has 174 valence electrons. The standard InChI is InChI=1S/C29H46O2/c1-20(2)12-9-13-21(3)14-10-15-22(4)16-11-18-29(8)19-17-26-25(7)27(30)23(5)24(6)28(26)31-29/h12,14,16,25,27,30H,9-11,13,15,17-19H2,1-8H3/b21-14+,22-16?/t25?,27?,29-/m1/s1. The van der Waals surface area contributed by atoms with Gasteiger partial charge >= 0.3 is 0 Å². The summed E-state index contributed by atoms with van der Waals surface area (Å²) >= 11 is 0. The summed E-state index contributed by atoms with van der Waals surface area (Å²) in [7, 11) is 0. The number of hydrogen-bond acceptors (Lipinski definition) is 2. The molecule has 1 N–H and O–H groups in total. The van der Waals surface area contributed by atoms with Crippen LogP contribution in [0, 0.1) is 5.92 Å². The van der Waals surface area contributed by atoms with Gasteiger partial charge in [-0.1, -0.05) is 41.9 Å².